The van der Waals surface area contributed by atoms with Crippen LogP contribution in [0, 0.1) is 29.0 Å². The highest BCUT2D eigenvalue weighted by Crippen LogP contribution is 2.58. The number of phenolic OH excluding ortho intramolecular Hbond substituents is 1. The number of amides is 1. The molecular formula is C17H17FN2O5S. The molecule has 0 aromatic heterocycles. The number of rotatable bonds is 1. The number of nitrogens with one attached hydrogen (secondary N) is 1. The number of hydrogen-bond acceptors (Lipinski definition) is 5. The van der Waals surface area contributed by atoms with Crippen LogP contribution in [0.5, 0.6) is 5.75 Å². The van der Waals surface area contributed by atoms with Crippen molar-refractivity contribution in [1.29, 1.82) is 0 Å². The average molecular weight is 380 g/mol. The van der Waals surface area contributed by atoms with Gasteiger partial charge in [0.2, 0.25) is 0 Å². The summed E-state index contributed by atoms with van der Waals surface area (Å²) in [5.74, 6) is 3.68. The molecule has 3 fully saturated rings. The molecule has 2 heterocycles. The summed E-state index contributed by atoms with van der Waals surface area (Å²) in [6.45, 7) is 0.836. The molecule has 26 heavy (non-hydrogen) atoms. The zero-order valence-corrected chi connectivity index (χ0v) is 14.6. The van der Waals surface area contributed by atoms with Gasteiger partial charge in [0, 0.05) is 19.1 Å². The summed E-state index contributed by atoms with van der Waals surface area (Å²) in [5, 5.41) is 9.94. The van der Waals surface area contributed by atoms with E-state index in [1.54, 1.807) is 4.72 Å². The number of nitrogens with zero attached hydrogens (tertiary/aromatic N) is 1. The lowest BCUT2D eigenvalue weighted by molar-refractivity contribution is -0.117. The van der Waals surface area contributed by atoms with Crippen LogP contribution in [0.2, 0.25) is 0 Å². The lowest BCUT2D eigenvalue weighted by Crippen LogP contribution is -2.30. The maximum Gasteiger partial charge on any atom is 0.326 e. The molecule has 0 radical (unpaired) electrons. The maximum atomic E-state index is 14.8. The third-order valence-electron chi connectivity index (χ3n) is 5.22. The van der Waals surface area contributed by atoms with Crippen molar-refractivity contribution in [2.24, 2.45) is 11.3 Å². The van der Waals surface area contributed by atoms with E-state index in [2.05, 4.69) is 11.8 Å². The standard InChI is InChI=1S/C17H17FN2O5S/c18-15-11(1-3-12-9-17(12)5-7-25-8-6-17)2-4-13(21)16(15)20-10-14(22)19-26(20,23)24/h2,4,12,21H,5-10H2,(H,19,22). The number of aromatic hydroxyl groups is 1. The van der Waals surface area contributed by atoms with E-state index in [1.165, 1.54) is 12.1 Å². The van der Waals surface area contributed by atoms with Crippen LogP contribution in [0.25, 0.3) is 0 Å². The van der Waals surface area contributed by atoms with Gasteiger partial charge in [-0.2, -0.15) is 8.42 Å². The maximum absolute atomic E-state index is 14.8. The fraction of sp³-hybridized carbons (Fsp3) is 0.471. The van der Waals surface area contributed by atoms with E-state index in [1.807, 2.05) is 0 Å². The van der Waals surface area contributed by atoms with Crippen LogP contribution in [-0.2, 0) is 19.7 Å². The predicted octanol–water partition coefficient (Wildman–Crippen LogP) is 0.880. The largest absolute Gasteiger partial charge is 0.506 e. The van der Waals surface area contributed by atoms with E-state index in [0.29, 0.717) is 17.5 Å². The molecule has 7 nitrogen and oxygen atoms in total. The molecule has 2 saturated heterocycles. The molecule has 1 aliphatic carbocycles. The SMILES string of the molecule is O=C1CN(c2c(O)ccc(C#CC3CC34CCOCC4)c2F)S(=O)(=O)N1. The van der Waals surface area contributed by atoms with Crippen LogP contribution in [0.15, 0.2) is 12.1 Å². The Labute approximate surface area is 150 Å². The van der Waals surface area contributed by atoms with Crippen molar-refractivity contribution in [2.75, 3.05) is 24.1 Å². The molecule has 2 aliphatic heterocycles. The lowest BCUT2D eigenvalue weighted by atomic mass is 9.94. The Kier molecular flexibility index (Phi) is 3.86. The predicted molar refractivity (Wildman–Crippen MR) is 89.9 cm³/mol. The van der Waals surface area contributed by atoms with Gasteiger partial charge in [-0.15, -0.1) is 0 Å². The first-order valence-electron chi connectivity index (χ1n) is 8.26. The molecule has 4 rings (SSSR count). The van der Waals surface area contributed by atoms with Gasteiger partial charge in [0.15, 0.2) is 5.82 Å². The Balaban J connectivity index is 1.64. The monoisotopic (exact) mass is 380 g/mol. The summed E-state index contributed by atoms with van der Waals surface area (Å²) in [6.07, 6.45) is 2.83. The first-order valence-corrected chi connectivity index (χ1v) is 9.70. The van der Waals surface area contributed by atoms with Crippen LogP contribution in [0.1, 0.15) is 24.8 Å². The first kappa shape index (κ1) is 17.1. The zero-order valence-electron chi connectivity index (χ0n) is 13.8. The Morgan fingerprint density at radius 2 is 2.08 bits per heavy atom. The molecule has 138 valence electrons. The normalized spacial score (nSPS) is 25.5. The van der Waals surface area contributed by atoms with E-state index in [-0.39, 0.29) is 16.9 Å². The highest BCUT2D eigenvalue weighted by atomic mass is 32.2. The summed E-state index contributed by atoms with van der Waals surface area (Å²) in [6, 6.07) is 2.48. The number of carbonyl (C=O) groups excluding carboxylic acids is 1. The van der Waals surface area contributed by atoms with Gasteiger partial charge in [-0.05, 0) is 36.8 Å². The molecule has 2 N–H and O–H groups in total. The Hall–Kier alpha value is -2.31. The summed E-state index contributed by atoms with van der Waals surface area (Å²) >= 11 is 0. The van der Waals surface area contributed by atoms with Crippen LogP contribution in [0.4, 0.5) is 10.1 Å². The van der Waals surface area contributed by atoms with Crippen LogP contribution >= 0.6 is 0 Å². The van der Waals surface area contributed by atoms with Gasteiger partial charge >= 0.3 is 10.2 Å². The number of halogens is 1. The molecule has 3 aliphatic rings. The Morgan fingerprint density at radius 3 is 2.73 bits per heavy atom. The van der Waals surface area contributed by atoms with Crippen molar-refractivity contribution in [1.82, 2.24) is 4.72 Å². The molecule has 1 unspecified atom stereocenters. The quantitative estimate of drug-likeness (QED) is 0.705. The highest BCUT2D eigenvalue weighted by Gasteiger charge is 2.53. The van der Waals surface area contributed by atoms with Gasteiger partial charge in [-0.3, -0.25) is 4.79 Å². The van der Waals surface area contributed by atoms with E-state index in [4.69, 9.17) is 4.74 Å². The summed E-state index contributed by atoms with van der Waals surface area (Å²) in [7, 11) is -4.22. The summed E-state index contributed by atoms with van der Waals surface area (Å²) in [5.41, 5.74) is -0.413. The minimum Gasteiger partial charge on any atom is -0.506 e. The molecule has 1 aromatic rings. The van der Waals surface area contributed by atoms with Gasteiger partial charge in [-0.25, -0.2) is 13.4 Å². The van der Waals surface area contributed by atoms with Crippen LogP contribution in [-0.4, -0.2) is 39.2 Å². The highest BCUT2D eigenvalue weighted by molar-refractivity contribution is 7.92. The minimum atomic E-state index is -4.22. The molecule has 0 bridgehead atoms. The van der Waals surface area contributed by atoms with Crippen LogP contribution < -0.4 is 9.03 Å². The number of anilines is 1. The lowest BCUT2D eigenvalue weighted by Gasteiger charge is -2.21. The third kappa shape index (κ3) is 2.79. The second-order valence-corrected chi connectivity index (χ2v) is 8.43. The number of hydrogen-bond donors (Lipinski definition) is 2. The topological polar surface area (TPSA) is 95.9 Å². The Morgan fingerprint density at radius 1 is 1.35 bits per heavy atom. The van der Waals surface area contributed by atoms with Crippen molar-refractivity contribution in [3.05, 3.63) is 23.5 Å². The second-order valence-electron chi connectivity index (χ2n) is 6.83. The molecule has 1 saturated carbocycles. The van der Waals surface area contributed by atoms with Crippen molar-refractivity contribution >= 4 is 21.8 Å². The minimum absolute atomic E-state index is 0.0125. The third-order valence-corrected chi connectivity index (χ3v) is 6.60. The van der Waals surface area contributed by atoms with Crippen LogP contribution in [0.3, 0.4) is 0 Å². The molecule has 1 spiro atoms. The number of ether oxygens (including phenoxy) is 1. The number of carbonyl (C=O) groups is 1. The van der Waals surface area contributed by atoms with Gasteiger partial charge in [-0.1, -0.05) is 11.8 Å². The van der Waals surface area contributed by atoms with E-state index in [9.17, 15) is 22.7 Å². The van der Waals surface area contributed by atoms with Crippen molar-refractivity contribution < 1.29 is 27.4 Å². The summed E-state index contributed by atoms with van der Waals surface area (Å²) < 4.78 is 46.3. The average Bonchev–Trinajstić information content (AvgIpc) is 3.15. The van der Waals surface area contributed by atoms with E-state index >= 15 is 0 Å². The van der Waals surface area contributed by atoms with Crippen molar-refractivity contribution in [3.8, 4) is 17.6 Å². The van der Waals surface area contributed by atoms with Crippen molar-refractivity contribution in [3.63, 3.8) is 0 Å². The van der Waals surface area contributed by atoms with E-state index < -0.39 is 39.9 Å². The second kappa shape index (κ2) is 5.86. The first-order chi connectivity index (χ1) is 12.3. The van der Waals surface area contributed by atoms with Gasteiger partial charge in [0.1, 0.15) is 18.0 Å². The van der Waals surface area contributed by atoms with Gasteiger partial charge < -0.3 is 9.84 Å². The zero-order chi connectivity index (χ0) is 18.5. The van der Waals surface area contributed by atoms with Gasteiger partial charge in [0.05, 0.1) is 5.56 Å². The van der Waals surface area contributed by atoms with Gasteiger partial charge in [0.25, 0.3) is 5.91 Å². The molecular weight excluding hydrogens is 363 g/mol. The van der Waals surface area contributed by atoms with E-state index in [0.717, 1.165) is 19.3 Å². The smallest absolute Gasteiger partial charge is 0.326 e. The Bertz CT molecular complexity index is 944. The molecule has 1 aromatic carbocycles. The summed E-state index contributed by atoms with van der Waals surface area (Å²) in [4.78, 5) is 11.4. The fourth-order valence-electron chi connectivity index (χ4n) is 3.58. The number of phenols is 1. The molecule has 1 atom stereocenters. The molecule has 9 heteroatoms. The number of benzene rings is 1. The fourth-order valence-corrected chi connectivity index (χ4v) is 4.74. The van der Waals surface area contributed by atoms with Crippen molar-refractivity contribution in [2.45, 2.75) is 19.3 Å². The molecule has 1 amide bonds.